The van der Waals surface area contributed by atoms with Crippen molar-refractivity contribution in [3.05, 3.63) is 0 Å². The molecule has 0 aliphatic carbocycles. The minimum absolute atomic E-state index is 0.0208. The summed E-state index contributed by atoms with van der Waals surface area (Å²) in [5.41, 5.74) is 0. The van der Waals surface area contributed by atoms with Crippen molar-refractivity contribution in [1.82, 2.24) is 9.80 Å². The summed E-state index contributed by atoms with van der Waals surface area (Å²) in [7, 11) is 0. The summed E-state index contributed by atoms with van der Waals surface area (Å²) in [4.78, 5) is 21.1. The standard InChI is InChI=1S/C15H18F12N2O4/c16-11(17,13(21,22)14(23,24)15(25,26)27)7-28(9(30)31)5-3-1-2-4-6-29(10(32)33)8-12(18,19)20/h1-8H2,(H,30,31)(H,32,33). The maximum absolute atomic E-state index is 13.6. The summed E-state index contributed by atoms with van der Waals surface area (Å²) in [5, 5.41) is 17.4. The molecule has 0 spiro atoms. The topological polar surface area (TPSA) is 81.1 Å². The third-order valence-corrected chi connectivity index (χ3v) is 4.12. The van der Waals surface area contributed by atoms with Gasteiger partial charge in [0.15, 0.2) is 0 Å². The molecular weight excluding hydrogens is 500 g/mol. The van der Waals surface area contributed by atoms with E-state index in [0.717, 1.165) is 0 Å². The second kappa shape index (κ2) is 10.8. The second-order valence-electron chi connectivity index (χ2n) is 6.79. The Balaban J connectivity index is 4.90. The molecular formula is C15H18F12N2O4. The van der Waals surface area contributed by atoms with E-state index in [4.69, 9.17) is 10.2 Å². The number of carboxylic acid groups (broad SMARTS) is 2. The Morgan fingerprint density at radius 1 is 0.576 bits per heavy atom. The lowest BCUT2D eigenvalue weighted by Crippen LogP contribution is -2.63. The van der Waals surface area contributed by atoms with Gasteiger partial charge in [0.2, 0.25) is 0 Å². The molecule has 196 valence electrons. The zero-order valence-electron chi connectivity index (χ0n) is 16.3. The predicted octanol–water partition coefficient (Wildman–Crippen LogP) is 5.54. The van der Waals surface area contributed by atoms with Crippen LogP contribution in [0.2, 0.25) is 0 Å². The van der Waals surface area contributed by atoms with Gasteiger partial charge in [0.05, 0.1) is 6.54 Å². The van der Waals surface area contributed by atoms with Gasteiger partial charge in [-0.2, -0.15) is 52.7 Å². The van der Waals surface area contributed by atoms with Crippen LogP contribution in [0.5, 0.6) is 0 Å². The van der Waals surface area contributed by atoms with Crippen LogP contribution in [0.3, 0.4) is 0 Å². The van der Waals surface area contributed by atoms with Crippen molar-refractivity contribution < 1.29 is 72.5 Å². The first kappa shape index (κ1) is 30.7. The number of alkyl halides is 12. The van der Waals surface area contributed by atoms with Gasteiger partial charge in [-0.3, -0.25) is 4.90 Å². The second-order valence-corrected chi connectivity index (χ2v) is 6.79. The normalized spacial score (nSPS) is 13.7. The van der Waals surface area contributed by atoms with Gasteiger partial charge < -0.3 is 15.1 Å². The quantitative estimate of drug-likeness (QED) is 0.263. The van der Waals surface area contributed by atoms with Crippen molar-refractivity contribution in [2.45, 2.75) is 55.8 Å². The molecule has 0 aromatic carbocycles. The third kappa shape index (κ3) is 8.53. The number of halogens is 12. The Kier molecular flexibility index (Phi) is 10.0. The van der Waals surface area contributed by atoms with Gasteiger partial charge in [-0.05, 0) is 12.8 Å². The van der Waals surface area contributed by atoms with E-state index >= 15 is 0 Å². The number of hydrogen-bond donors (Lipinski definition) is 2. The van der Waals surface area contributed by atoms with E-state index in [-0.39, 0.29) is 24.2 Å². The lowest BCUT2D eigenvalue weighted by atomic mass is 10.0. The Bertz CT molecular complexity index is 666. The largest absolute Gasteiger partial charge is 0.465 e. The fourth-order valence-corrected chi connectivity index (χ4v) is 2.41. The van der Waals surface area contributed by atoms with E-state index in [1.165, 1.54) is 0 Å². The highest BCUT2D eigenvalue weighted by molar-refractivity contribution is 5.65. The lowest BCUT2D eigenvalue weighted by molar-refractivity contribution is -0.396. The fraction of sp³-hybridized carbons (Fsp3) is 0.867. The predicted molar refractivity (Wildman–Crippen MR) is 84.6 cm³/mol. The molecule has 2 N–H and O–H groups in total. The maximum atomic E-state index is 13.6. The molecule has 0 unspecified atom stereocenters. The zero-order valence-corrected chi connectivity index (χ0v) is 16.3. The average Bonchev–Trinajstić information content (AvgIpc) is 2.59. The van der Waals surface area contributed by atoms with Crippen LogP contribution in [0.15, 0.2) is 0 Å². The molecule has 0 bridgehead atoms. The van der Waals surface area contributed by atoms with Crippen LogP contribution in [0.1, 0.15) is 25.7 Å². The summed E-state index contributed by atoms with van der Waals surface area (Å²) >= 11 is 0. The van der Waals surface area contributed by atoms with E-state index in [0.29, 0.717) is 0 Å². The lowest BCUT2D eigenvalue weighted by Gasteiger charge is -2.35. The summed E-state index contributed by atoms with van der Waals surface area (Å²) in [5.74, 6) is -20.3. The Morgan fingerprint density at radius 3 is 1.24 bits per heavy atom. The van der Waals surface area contributed by atoms with Crippen LogP contribution in [0.4, 0.5) is 62.3 Å². The molecule has 0 aliphatic heterocycles. The van der Waals surface area contributed by atoms with Crippen molar-refractivity contribution >= 4 is 12.2 Å². The van der Waals surface area contributed by atoms with Crippen LogP contribution in [-0.4, -0.2) is 88.5 Å². The minimum Gasteiger partial charge on any atom is -0.465 e. The molecule has 0 aromatic rings. The van der Waals surface area contributed by atoms with Gasteiger partial charge in [-0.25, -0.2) is 9.59 Å². The van der Waals surface area contributed by atoms with Crippen molar-refractivity contribution in [1.29, 1.82) is 0 Å². The molecule has 0 aromatic heterocycles. The number of carbonyl (C=O) groups is 2. The molecule has 0 radical (unpaired) electrons. The summed E-state index contributed by atoms with van der Waals surface area (Å²) in [6, 6.07) is 0. The molecule has 0 saturated heterocycles. The SMILES string of the molecule is O=C(O)N(CCCCCCN(CC(F)(F)C(F)(F)C(F)(F)C(F)(F)F)C(=O)O)CC(F)(F)F. The Morgan fingerprint density at radius 2 is 0.939 bits per heavy atom. The molecule has 2 amide bonds. The highest BCUT2D eigenvalue weighted by atomic mass is 19.4. The minimum atomic E-state index is -7.17. The molecule has 0 aliphatic rings. The summed E-state index contributed by atoms with van der Waals surface area (Å²) in [6.45, 7) is -6.08. The van der Waals surface area contributed by atoms with E-state index in [9.17, 15) is 62.3 Å². The number of hydrogen-bond acceptors (Lipinski definition) is 2. The zero-order chi connectivity index (χ0) is 26.5. The van der Waals surface area contributed by atoms with Gasteiger partial charge in [0.25, 0.3) is 0 Å². The monoisotopic (exact) mass is 518 g/mol. The average molecular weight is 518 g/mol. The van der Waals surface area contributed by atoms with Gasteiger partial charge >= 0.3 is 42.3 Å². The van der Waals surface area contributed by atoms with Crippen LogP contribution < -0.4 is 0 Å². The third-order valence-electron chi connectivity index (χ3n) is 4.12. The van der Waals surface area contributed by atoms with Crippen LogP contribution in [0.25, 0.3) is 0 Å². The van der Waals surface area contributed by atoms with Crippen LogP contribution in [0, 0.1) is 0 Å². The van der Waals surface area contributed by atoms with Gasteiger partial charge in [-0.1, -0.05) is 12.8 Å². The highest BCUT2D eigenvalue weighted by Crippen LogP contribution is 2.53. The molecule has 0 rings (SSSR count). The molecule has 33 heavy (non-hydrogen) atoms. The first-order valence-corrected chi connectivity index (χ1v) is 8.79. The van der Waals surface area contributed by atoms with Crippen molar-refractivity contribution in [2.75, 3.05) is 26.2 Å². The summed E-state index contributed by atoms with van der Waals surface area (Å²) < 4.78 is 152. The number of nitrogens with zero attached hydrogens (tertiary/aromatic N) is 2. The highest BCUT2D eigenvalue weighted by Gasteiger charge is 2.81. The number of rotatable bonds is 12. The molecule has 0 saturated carbocycles. The van der Waals surface area contributed by atoms with E-state index in [1.54, 1.807) is 0 Å². The molecule has 0 fully saturated rings. The van der Waals surface area contributed by atoms with Crippen LogP contribution in [-0.2, 0) is 0 Å². The van der Waals surface area contributed by atoms with Gasteiger partial charge in [0.1, 0.15) is 6.54 Å². The van der Waals surface area contributed by atoms with Gasteiger partial charge in [-0.15, -0.1) is 0 Å². The first-order chi connectivity index (χ1) is 14.6. The van der Waals surface area contributed by atoms with E-state index in [2.05, 4.69) is 0 Å². The smallest absolute Gasteiger partial charge is 0.460 e. The van der Waals surface area contributed by atoms with E-state index in [1.807, 2.05) is 0 Å². The Hall–Kier alpha value is -2.30. The maximum Gasteiger partial charge on any atom is 0.460 e. The number of unbranched alkanes of at least 4 members (excludes halogenated alkanes) is 3. The van der Waals surface area contributed by atoms with Crippen molar-refractivity contribution in [2.24, 2.45) is 0 Å². The van der Waals surface area contributed by atoms with Crippen LogP contribution >= 0.6 is 0 Å². The molecule has 0 atom stereocenters. The first-order valence-electron chi connectivity index (χ1n) is 8.79. The summed E-state index contributed by atoms with van der Waals surface area (Å²) in [6.07, 6.45) is -16.9. The van der Waals surface area contributed by atoms with Crippen molar-refractivity contribution in [3.8, 4) is 0 Å². The molecule has 0 heterocycles. The Labute approximate surface area is 177 Å². The van der Waals surface area contributed by atoms with Gasteiger partial charge in [0, 0.05) is 13.1 Å². The van der Waals surface area contributed by atoms with E-state index < -0.39 is 79.8 Å². The van der Waals surface area contributed by atoms with Crippen molar-refractivity contribution in [3.63, 3.8) is 0 Å². The molecule has 18 heteroatoms. The molecule has 6 nitrogen and oxygen atoms in total. The number of amides is 2. The fourth-order valence-electron chi connectivity index (χ4n) is 2.41.